The van der Waals surface area contributed by atoms with Gasteiger partial charge in [-0.15, -0.1) is 0 Å². The van der Waals surface area contributed by atoms with Crippen molar-refractivity contribution < 1.29 is 4.74 Å². The Labute approximate surface area is 98.8 Å². The van der Waals surface area contributed by atoms with Crippen LogP contribution in [0.25, 0.3) is 0 Å². The second kappa shape index (κ2) is 6.66. The van der Waals surface area contributed by atoms with Gasteiger partial charge in [0.15, 0.2) is 0 Å². The Kier molecular flexibility index (Phi) is 5.50. The van der Waals surface area contributed by atoms with Gasteiger partial charge in [-0.05, 0) is 24.8 Å². The van der Waals surface area contributed by atoms with Gasteiger partial charge in [-0.3, -0.25) is 0 Å². The highest BCUT2D eigenvalue weighted by Gasteiger charge is 2.14. The molecule has 2 nitrogen and oxygen atoms in total. The highest BCUT2D eigenvalue weighted by molar-refractivity contribution is 5.13. The van der Waals surface area contributed by atoms with Crippen LogP contribution < -0.4 is 5.73 Å². The average Bonchev–Trinajstić information content (AvgIpc) is 2.26. The topological polar surface area (TPSA) is 35.2 Å². The zero-order valence-electron chi connectivity index (χ0n) is 10.5. The predicted molar refractivity (Wildman–Crippen MR) is 68.1 cm³/mol. The molecule has 0 aliphatic heterocycles. The normalized spacial score (nSPS) is 15.1. The van der Waals surface area contributed by atoms with Crippen molar-refractivity contribution in [2.45, 2.75) is 45.9 Å². The molecule has 0 saturated carbocycles. The van der Waals surface area contributed by atoms with E-state index < -0.39 is 0 Å². The van der Waals surface area contributed by atoms with Gasteiger partial charge in [0.25, 0.3) is 0 Å². The summed E-state index contributed by atoms with van der Waals surface area (Å²) in [5.41, 5.74) is 7.26. The number of ether oxygens (including phenoxy) is 1. The molecule has 1 aromatic carbocycles. The smallest absolute Gasteiger partial charge is 0.0721 e. The summed E-state index contributed by atoms with van der Waals surface area (Å²) >= 11 is 0. The van der Waals surface area contributed by atoms with Gasteiger partial charge < -0.3 is 10.5 Å². The lowest BCUT2D eigenvalue weighted by molar-refractivity contribution is 0.0316. The second-order valence-electron chi connectivity index (χ2n) is 4.80. The van der Waals surface area contributed by atoms with Gasteiger partial charge in [0.2, 0.25) is 0 Å². The number of nitrogens with two attached hydrogens (primary N) is 1. The third-order valence-electron chi connectivity index (χ3n) is 2.70. The fraction of sp³-hybridized carbons (Fsp3) is 0.571. The van der Waals surface area contributed by atoms with Crippen LogP contribution in [-0.2, 0) is 11.3 Å². The monoisotopic (exact) mass is 221 g/mol. The van der Waals surface area contributed by atoms with E-state index in [-0.39, 0.29) is 12.1 Å². The summed E-state index contributed by atoms with van der Waals surface area (Å²) in [6, 6.07) is 10.3. The van der Waals surface area contributed by atoms with Crippen molar-refractivity contribution in [3.63, 3.8) is 0 Å². The van der Waals surface area contributed by atoms with Crippen LogP contribution in [0.15, 0.2) is 30.3 Å². The first-order valence-corrected chi connectivity index (χ1v) is 6.00. The van der Waals surface area contributed by atoms with E-state index in [2.05, 4.69) is 32.9 Å². The summed E-state index contributed by atoms with van der Waals surface area (Å²) in [6.45, 7) is 7.07. The van der Waals surface area contributed by atoms with Crippen LogP contribution in [0.4, 0.5) is 0 Å². The average molecular weight is 221 g/mol. The summed E-state index contributed by atoms with van der Waals surface area (Å²) < 4.78 is 5.77. The SMILES string of the molecule is CC(C)C[C@@H](N)[C@@H](C)OCc1ccccc1. The summed E-state index contributed by atoms with van der Waals surface area (Å²) in [5.74, 6) is 0.623. The Balaban J connectivity index is 2.32. The molecule has 0 saturated heterocycles. The molecule has 2 atom stereocenters. The van der Waals surface area contributed by atoms with Gasteiger partial charge in [-0.1, -0.05) is 44.2 Å². The van der Waals surface area contributed by atoms with Crippen LogP contribution in [0.1, 0.15) is 32.8 Å². The zero-order chi connectivity index (χ0) is 12.0. The van der Waals surface area contributed by atoms with E-state index in [0.29, 0.717) is 12.5 Å². The Hall–Kier alpha value is -0.860. The summed E-state index contributed by atoms with van der Waals surface area (Å²) in [4.78, 5) is 0. The molecular formula is C14H23NO. The van der Waals surface area contributed by atoms with Gasteiger partial charge in [-0.25, -0.2) is 0 Å². The van der Waals surface area contributed by atoms with E-state index in [0.717, 1.165) is 6.42 Å². The third-order valence-corrected chi connectivity index (χ3v) is 2.70. The molecule has 0 aromatic heterocycles. The van der Waals surface area contributed by atoms with Crippen LogP contribution in [0.5, 0.6) is 0 Å². The van der Waals surface area contributed by atoms with Crippen molar-refractivity contribution in [3.05, 3.63) is 35.9 Å². The van der Waals surface area contributed by atoms with Crippen molar-refractivity contribution in [3.8, 4) is 0 Å². The largest absolute Gasteiger partial charge is 0.372 e. The molecule has 16 heavy (non-hydrogen) atoms. The standard InChI is InChI=1S/C14H23NO/c1-11(2)9-14(15)12(3)16-10-13-7-5-4-6-8-13/h4-8,11-12,14H,9-10,15H2,1-3H3/t12-,14-/m1/s1. The Bertz CT molecular complexity index is 284. The maximum Gasteiger partial charge on any atom is 0.0721 e. The fourth-order valence-corrected chi connectivity index (χ4v) is 1.66. The number of hydrogen-bond acceptors (Lipinski definition) is 2. The van der Waals surface area contributed by atoms with E-state index in [1.165, 1.54) is 5.56 Å². The first-order chi connectivity index (χ1) is 7.59. The minimum atomic E-state index is 0.114. The van der Waals surface area contributed by atoms with Crippen molar-refractivity contribution in [2.75, 3.05) is 0 Å². The van der Waals surface area contributed by atoms with Crippen LogP contribution in [0.2, 0.25) is 0 Å². The zero-order valence-corrected chi connectivity index (χ0v) is 10.5. The molecule has 0 amide bonds. The molecule has 2 heteroatoms. The molecule has 1 aromatic rings. The molecule has 0 unspecified atom stereocenters. The van der Waals surface area contributed by atoms with E-state index >= 15 is 0 Å². The minimum absolute atomic E-state index is 0.114. The van der Waals surface area contributed by atoms with Crippen molar-refractivity contribution in [1.29, 1.82) is 0 Å². The van der Waals surface area contributed by atoms with E-state index in [1.54, 1.807) is 0 Å². The molecular weight excluding hydrogens is 198 g/mol. The lowest BCUT2D eigenvalue weighted by Crippen LogP contribution is -2.35. The Morgan fingerprint density at radius 1 is 1.12 bits per heavy atom. The second-order valence-corrected chi connectivity index (χ2v) is 4.80. The molecule has 0 aliphatic carbocycles. The molecule has 0 fully saturated rings. The van der Waals surface area contributed by atoms with E-state index in [1.807, 2.05) is 18.2 Å². The lowest BCUT2D eigenvalue weighted by atomic mass is 10.0. The van der Waals surface area contributed by atoms with E-state index in [4.69, 9.17) is 10.5 Å². The maximum atomic E-state index is 6.06. The molecule has 0 bridgehead atoms. The molecule has 90 valence electrons. The first kappa shape index (κ1) is 13.2. The van der Waals surface area contributed by atoms with Gasteiger partial charge in [0.05, 0.1) is 12.7 Å². The maximum absolute atomic E-state index is 6.06. The summed E-state index contributed by atoms with van der Waals surface area (Å²) in [5, 5.41) is 0. The Morgan fingerprint density at radius 3 is 2.31 bits per heavy atom. The van der Waals surface area contributed by atoms with Crippen molar-refractivity contribution >= 4 is 0 Å². The van der Waals surface area contributed by atoms with Crippen molar-refractivity contribution in [1.82, 2.24) is 0 Å². The predicted octanol–water partition coefficient (Wildman–Crippen LogP) is 2.97. The van der Waals surface area contributed by atoms with Gasteiger partial charge >= 0.3 is 0 Å². The quantitative estimate of drug-likeness (QED) is 0.801. The third kappa shape index (κ3) is 4.77. The molecule has 0 spiro atoms. The highest BCUT2D eigenvalue weighted by atomic mass is 16.5. The van der Waals surface area contributed by atoms with Gasteiger partial charge in [0, 0.05) is 6.04 Å². The van der Waals surface area contributed by atoms with Gasteiger partial charge in [0.1, 0.15) is 0 Å². The molecule has 1 rings (SSSR count). The fourth-order valence-electron chi connectivity index (χ4n) is 1.66. The Morgan fingerprint density at radius 2 is 1.75 bits per heavy atom. The summed E-state index contributed by atoms with van der Waals surface area (Å²) in [6.07, 6.45) is 1.12. The van der Waals surface area contributed by atoms with Crippen molar-refractivity contribution in [2.24, 2.45) is 11.7 Å². The molecule has 0 heterocycles. The molecule has 0 aliphatic rings. The van der Waals surface area contributed by atoms with Crippen LogP contribution in [0, 0.1) is 5.92 Å². The lowest BCUT2D eigenvalue weighted by Gasteiger charge is -2.22. The van der Waals surface area contributed by atoms with Crippen LogP contribution >= 0.6 is 0 Å². The van der Waals surface area contributed by atoms with E-state index in [9.17, 15) is 0 Å². The highest BCUT2D eigenvalue weighted by Crippen LogP contribution is 2.10. The van der Waals surface area contributed by atoms with Crippen LogP contribution in [0.3, 0.4) is 0 Å². The minimum Gasteiger partial charge on any atom is -0.372 e. The number of benzene rings is 1. The van der Waals surface area contributed by atoms with Crippen LogP contribution in [-0.4, -0.2) is 12.1 Å². The number of rotatable bonds is 6. The number of hydrogen-bond donors (Lipinski definition) is 1. The molecule has 0 radical (unpaired) electrons. The summed E-state index contributed by atoms with van der Waals surface area (Å²) in [7, 11) is 0. The van der Waals surface area contributed by atoms with Gasteiger partial charge in [-0.2, -0.15) is 0 Å². The first-order valence-electron chi connectivity index (χ1n) is 6.00. The molecule has 2 N–H and O–H groups in total.